The molecule has 1 amide bonds. The Kier molecular flexibility index (Phi) is 3.01. The van der Waals surface area contributed by atoms with Gasteiger partial charge in [-0.25, -0.2) is 0 Å². The third kappa shape index (κ3) is 1.81. The number of hydrogen-bond donors (Lipinski definition) is 4. The Morgan fingerprint density at radius 3 is 2.75 bits per heavy atom. The van der Waals surface area contributed by atoms with Gasteiger partial charge < -0.3 is 25.8 Å². The Labute approximate surface area is 112 Å². The first kappa shape index (κ1) is 13.1. The highest BCUT2D eigenvalue weighted by molar-refractivity contribution is 6.21. The minimum Gasteiger partial charge on any atom is -0.394 e. The van der Waals surface area contributed by atoms with Gasteiger partial charge in [-0.15, -0.1) is 0 Å². The summed E-state index contributed by atoms with van der Waals surface area (Å²) < 4.78 is 5.35. The van der Waals surface area contributed by atoms with Crippen LogP contribution in [0.1, 0.15) is 0 Å². The lowest BCUT2D eigenvalue weighted by atomic mass is 10.1. The minimum absolute atomic E-state index is 0.178. The van der Waals surface area contributed by atoms with Crippen molar-refractivity contribution in [1.29, 1.82) is 0 Å². The number of nitrogens with zero attached hydrogens (tertiary/aromatic N) is 4. The second-order valence-corrected chi connectivity index (χ2v) is 4.58. The van der Waals surface area contributed by atoms with Gasteiger partial charge >= 0.3 is 0 Å². The van der Waals surface area contributed by atoms with Crippen LogP contribution in [0.5, 0.6) is 0 Å². The molecule has 1 saturated heterocycles. The van der Waals surface area contributed by atoms with E-state index < -0.39 is 43.1 Å². The van der Waals surface area contributed by atoms with E-state index in [-0.39, 0.29) is 11.8 Å². The fourth-order valence-electron chi connectivity index (χ4n) is 2.32. The van der Waals surface area contributed by atoms with Crippen LogP contribution < -0.4 is 5.73 Å². The SMILES string of the molecule is NC1=NC(=O)C2N=CN(C3O[C@H](CO)[C@@H](O)[C@H]3O)C2=N1. The molecule has 3 aliphatic heterocycles. The molecule has 0 bridgehead atoms. The molecule has 0 aromatic carbocycles. The van der Waals surface area contributed by atoms with Crippen LogP contribution in [0.4, 0.5) is 0 Å². The summed E-state index contributed by atoms with van der Waals surface area (Å²) in [7, 11) is 0. The highest BCUT2D eigenvalue weighted by atomic mass is 16.6. The number of carbonyl (C=O) groups is 1. The zero-order valence-electron chi connectivity index (χ0n) is 10.2. The number of ether oxygens (including phenoxy) is 1. The molecule has 3 rings (SSSR count). The second kappa shape index (κ2) is 4.59. The third-order valence-corrected chi connectivity index (χ3v) is 3.33. The molecule has 0 spiro atoms. The average Bonchev–Trinajstić information content (AvgIpc) is 2.93. The molecular weight excluding hydrogens is 270 g/mol. The van der Waals surface area contributed by atoms with Gasteiger partial charge in [0.15, 0.2) is 18.1 Å². The Morgan fingerprint density at radius 1 is 1.35 bits per heavy atom. The maximum Gasteiger partial charge on any atom is 0.281 e. The van der Waals surface area contributed by atoms with Gasteiger partial charge in [0.1, 0.15) is 18.3 Å². The van der Waals surface area contributed by atoms with Crippen molar-refractivity contribution in [1.82, 2.24) is 4.90 Å². The normalized spacial score (nSPS) is 39.9. The summed E-state index contributed by atoms with van der Waals surface area (Å²) >= 11 is 0. The van der Waals surface area contributed by atoms with E-state index in [4.69, 9.17) is 15.6 Å². The molecule has 0 radical (unpaired) electrons. The average molecular weight is 283 g/mol. The monoisotopic (exact) mass is 283 g/mol. The summed E-state index contributed by atoms with van der Waals surface area (Å²) in [6.45, 7) is -0.446. The van der Waals surface area contributed by atoms with Gasteiger partial charge in [-0.3, -0.25) is 14.7 Å². The number of aliphatic imine (C=N–C) groups is 3. The first-order chi connectivity index (χ1) is 9.52. The van der Waals surface area contributed by atoms with Gasteiger partial charge in [-0.05, 0) is 0 Å². The molecule has 3 heterocycles. The second-order valence-electron chi connectivity index (χ2n) is 4.58. The summed E-state index contributed by atoms with van der Waals surface area (Å²) in [5.74, 6) is -0.584. The lowest BCUT2D eigenvalue weighted by molar-refractivity contribution is -0.117. The number of guanidine groups is 1. The summed E-state index contributed by atoms with van der Waals surface area (Å²) in [6.07, 6.45) is -3.18. The Balaban J connectivity index is 1.87. The first-order valence-electron chi connectivity index (χ1n) is 5.93. The predicted octanol–water partition coefficient (Wildman–Crippen LogP) is -3.61. The van der Waals surface area contributed by atoms with Gasteiger partial charge in [-0.1, -0.05) is 0 Å². The highest BCUT2D eigenvalue weighted by Crippen LogP contribution is 2.27. The maximum absolute atomic E-state index is 11.6. The van der Waals surface area contributed by atoms with Crippen LogP contribution in [0.2, 0.25) is 0 Å². The molecule has 108 valence electrons. The number of carbonyl (C=O) groups excluding carboxylic acids is 1. The van der Waals surface area contributed by atoms with Crippen LogP contribution in [0.3, 0.4) is 0 Å². The van der Waals surface area contributed by atoms with E-state index in [2.05, 4.69) is 15.0 Å². The van der Waals surface area contributed by atoms with Crippen molar-refractivity contribution in [2.24, 2.45) is 20.7 Å². The van der Waals surface area contributed by atoms with Gasteiger partial charge in [0.05, 0.1) is 12.9 Å². The van der Waals surface area contributed by atoms with Gasteiger partial charge in [0.2, 0.25) is 5.96 Å². The molecule has 5 atom stereocenters. The largest absolute Gasteiger partial charge is 0.394 e. The summed E-state index contributed by atoms with van der Waals surface area (Å²) in [5, 5.41) is 28.7. The zero-order valence-corrected chi connectivity index (χ0v) is 10.2. The Bertz CT molecular complexity index is 532. The molecule has 1 fully saturated rings. The topological polar surface area (TPSA) is 153 Å². The number of nitrogens with two attached hydrogens (primary N) is 1. The van der Waals surface area contributed by atoms with Crippen molar-refractivity contribution in [3.05, 3.63) is 0 Å². The molecule has 2 unspecified atom stereocenters. The van der Waals surface area contributed by atoms with E-state index in [1.54, 1.807) is 0 Å². The summed E-state index contributed by atoms with van der Waals surface area (Å²) in [4.78, 5) is 24.3. The quantitative estimate of drug-likeness (QED) is 0.408. The number of hydrogen-bond acceptors (Lipinski definition) is 9. The molecule has 5 N–H and O–H groups in total. The fraction of sp³-hybridized carbons (Fsp3) is 0.600. The number of amidine groups is 1. The maximum atomic E-state index is 11.6. The van der Waals surface area contributed by atoms with Crippen LogP contribution in [0.15, 0.2) is 15.0 Å². The van der Waals surface area contributed by atoms with Crippen LogP contribution >= 0.6 is 0 Å². The van der Waals surface area contributed by atoms with Crippen molar-refractivity contribution in [3.63, 3.8) is 0 Å². The van der Waals surface area contributed by atoms with E-state index >= 15 is 0 Å². The molecular formula is C10H13N5O5. The minimum atomic E-state index is -1.28. The van der Waals surface area contributed by atoms with Gasteiger partial charge in [-0.2, -0.15) is 9.98 Å². The molecule has 0 aliphatic carbocycles. The van der Waals surface area contributed by atoms with Crippen molar-refractivity contribution < 1.29 is 24.9 Å². The van der Waals surface area contributed by atoms with Crippen molar-refractivity contribution in [2.75, 3.05) is 6.61 Å². The molecule has 0 saturated carbocycles. The van der Waals surface area contributed by atoms with E-state index in [1.165, 1.54) is 11.2 Å². The fourth-order valence-corrected chi connectivity index (χ4v) is 2.32. The lowest BCUT2D eigenvalue weighted by Gasteiger charge is -2.27. The molecule has 10 heteroatoms. The zero-order chi connectivity index (χ0) is 14.4. The smallest absolute Gasteiger partial charge is 0.281 e. The van der Waals surface area contributed by atoms with Crippen LogP contribution in [-0.4, -0.2) is 81.4 Å². The third-order valence-electron chi connectivity index (χ3n) is 3.33. The van der Waals surface area contributed by atoms with Crippen LogP contribution in [0.25, 0.3) is 0 Å². The molecule has 0 aromatic rings. The highest BCUT2D eigenvalue weighted by Gasteiger charge is 2.49. The number of amides is 1. The number of rotatable bonds is 2. The standard InChI is InChI=1S/C10H13N5O5/c11-10-13-7-4(8(19)14-10)12-2-15(7)9-6(18)5(17)3(1-16)20-9/h2-6,9,16-18H,1H2,(H2,11,14,19)/t3-,4?,5-,6-,9?/m1/s1. The molecule has 10 nitrogen and oxygen atoms in total. The van der Waals surface area contributed by atoms with Crippen molar-refractivity contribution >= 4 is 24.0 Å². The van der Waals surface area contributed by atoms with Crippen molar-refractivity contribution in [2.45, 2.75) is 30.6 Å². The Morgan fingerprint density at radius 2 is 2.10 bits per heavy atom. The predicted molar refractivity (Wildman–Crippen MR) is 65.9 cm³/mol. The number of aliphatic hydroxyl groups is 3. The molecule has 20 heavy (non-hydrogen) atoms. The summed E-state index contributed by atoms with van der Waals surface area (Å²) in [6, 6.07) is -0.914. The first-order valence-corrected chi connectivity index (χ1v) is 5.93. The Hall–Kier alpha value is -1.88. The van der Waals surface area contributed by atoms with Gasteiger partial charge in [0.25, 0.3) is 5.91 Å². The van der Waals surface area contributed by atoms with E-state index in [0.717, 1.165) is 0 Å². The van der Waals surface area contributed by atoms with E-state index in [1.807, 2.05) is 0 Å². The molecule has 3 aliphatic rings. The number of aliphatic hydroxyl groups excluding tert-OH is 3. The van der Waals surface area contributed by atoms with Crippen LogP contribution in [-0.2, 0) is 9.53 Å². The van der Waals surface area contributed by atoms with E-state index in [9.17, 15) is 15.0 Å². The lowest BCUT2D eigenvalue weighted by Crippen LogP contribution is -2.49. The van der Waals surface area contributed by atoms with Crippen LogP contribution in [0, 0.1) is 0 Å². The van der Waals surface area contributed by atoms with E-state index in [0.29, 0.717) is 0 Å². The van der Waals surface area contributed by atoms with Gasteiger partial charge in [0, 0.05) is 0 Å². The van der Waals surface area contributed by atoms with Crippen molar-refractivity contribution in [3.8, 4) is 0 Å². The molecule has 0 aromatic heterocycles. The summed E-state index contributed by atoms with van der Waals surface area (Å²) in [5.41, 5.74) is 5.42. The number of fused-ring (bicyclic) bond motifs is 1.